The average molecular weight is 495 g/mol. The zero-order valence-corrected chi connectivity index (χ0v) is 19.0. The molecule has 0 aliphatic rings. The van der Waals surface area contributed by atoms with E-state index in [1.54, 1.807) is 19.3 Å². The largest absolute Gasteiger partial charge is 0.432 e. The Morgan fingerprint density at radius 1 is 1.06 bits per heavy atom. The summed E-state index contributed by atoms with van der Waals surface area (Å²) in [5, 5.41) is 0. The minimum absolute atomic E-state index is 0.0326. The summed E-state index contributed by atoms with van der Waals surface area (Å²) in [5.41, 5.74) is 7.80. The second-order valence-electron chi connectivity index (χ2n) is 7.78. The van der Waals surface area contributed by atoms with E-state index in [1.165, 1.54) is 53.2 Å². The van der Waals surface area contributed by atoms with Gasteiger partial charge in [0.05, 0.1) is 17.1 Å². The van der Waals surface area contributed by atoms with E-state index in [4.69, 9.17) is 5.73 Å². The van der Waals surface area contributed by atoms with Crippen LogP contribution < -0.4 is 16.0 Å². The van der Waals surface area contributed by atoms with Gasteiger partial charge in [0.2, 0.25) is 5.56 Å². The molecule has 36 heavy (non-hydrogen) atoms. The van der Waals surface area contributed by atoms with Crippen molar-refractivity contribution >= 4 is 11.6 Å². The van der Waals surface area contributed by atoms with Crippen molar-refractivity contribution < 1.29 is 22.7 Å². The Bertz CT molecular complexity index is 1470. The number of anilines is 1. The standard InChI is InChI=1S/C25H20F3N5O3/c1-33-13-15(6-11-20(33)35)22-21(14-4-7-16(26)8-5-14)32-24(29)17(31-22)9-10-18(34)23-19(36-25(27)28)3-2-12-30-23/h2-8,11-13,25H,9-10H2,1H3,(H2,29,32). The molecule has 0 aliphatic heterocycles. The molecule has 184 valence electrons. The molecule has 0 saturated carbocycles. The summed E-state index contributed by atoms with van der Waals surface area (Å²) in [6, 6.07) is 11.2. The second-order valence-corrected chi connectivity index (χ2v) is 7.78. The van der Waals surface area contributed by atoms with Gasteiger partial charge < -0.3 is 15.0 Å². The number of benzene rings is 1. The van der Waals surface area contributed by atoms with Crippen molar-refractivity contribution in [1.82, 2.24) is 19.5 Å². The molecule has 11 heteroatoms. The van der Waals surface area contributed by atoms with Gasteiger partial charge in [-0.25, -0.2) is 19.3 Å². The number of hydrogen-bond acceptors (Lipinski definition) is 7. The molecule has 4 aromatic rings. The second kappa shape index (κ2) is 10.4. The van der Waals surface area contributed by atoms with E-state index < -0.39 is 18.2 Å². The molecule has 0 aliphatic carbocycles. The zero-order valence-electron chi connectivity index (χ0n) is 19.0. The molecule has 0 unspecified atom stereocenters. The van der Waals surface area contributed by atoms with E-state index in [9.17, 15) is 22.8 Å². The molecule has 1 aromatic carbocycles. The Hall–Kier alpha value is -4.54. The number of hydrogen-bond donors (Lipinski definition) is 1. The van der Waals surface area contributed by atoms with Crippen molar-refractivity contribution in [3.63, 3.8) is 0 Å². The van der Waals surface area contributed by atoms with Crippen LogP contribution >= 0.6 is 0 Å². The highest BCUT2D eigenvalue weighted by Crippen LogP contribution is 2.31. The maximum atomic E-state index is 13.5. The molecule has 8 nitrogen and oxygen atoms in total. The van der Waals surface area contributed by atoms with Crippen molar-refractivity contribution in [2.24, 2.45) is 7.05 Å². The van der Waals surface area contributed by atoms with Crippen molar-refractivity contribution in [3.8, 4) is 28.3 Å². The normalized spacial score (nSPS) is 11.0. The molecule has 0 atom stereocenters. The predicted molar refractivity (Wildman–Crippen MR) is 126 cm³/mol. The lowest BCUT2D eigenvalue weighted by molar-refractivity contribution is -0.0504. The number of Topliss-reactive ketones (excluding diaryl/α,β-unsaturated/α-hetero) is 1. The molecular formula is C25H20F3N5O3. The molecular weight excluding hydrogens is 475 g/mol. The van der Waals surface area contributed by atoms with Crippen molar-refractivity contribution in [2.45, 2.75) is 19.5 Å². The molecule has 0 amide bonds. The number of alkyl halides is 2. The minimum atomic E-state index is -3.11. The summed E-state index contributed by atoms with van der Waals surface area (Å²) >= 11 is 0. The van der Waals surface area contributed by atoms with Crippen LogP contribution in [-0.2, 0) is 13.5 Å². The van der Waals surface area contributed by atoms with Crippen LogP contribution in [-0.4, -0.2) is 31.9 Å². The third-order valence-electron chi connectivity index (χ3n) is 5.32. The summed E-state index contributed by atoms with van der Waals surface area (Å²) in [5.74, 6) is -1.25. The van der Waals surface area contributed by atoms with Crippen LogP contribution in [0.5, 0.6) is 5.75 Å². The number of nitrogens with two attached hydrogens (primary N) is 1. The van der Waals surface area contributed by atoms with E-state index in [2.05, 4.69) is 19.7 Å². The number of carbonyl (C=O) groups is 1. The van der Waals surface area contributed by atoms with Crippen LogP contribution in [0.25, 0.3) is 22.5 Å². The Morgan fingerprint density at radius 2 is 1.75 bits per heavy atom. The maximum absolute atomic E-state index is 13.5. The smallest absolute Gasteiger partial charge is 0.387 e. The number of halogens is 3. The fourth-order valence-electron chi connectivity index (χ4n) is 3.55. The van der Waals surface area contributed by atoms with E-state index in [1.807, 2.05) is 0 Å². The first-order valence-corrected chi connectivity index (χ1v) is 10.8. The quantitative estimate of drug-likeness (QED) is 0.367. The van der Waals surface area contributed by atoms with Gasteiger partial charge in [0, 0.05) is 49.5 Å². The lowest BCUT2D eigenvalue weighted by Gasteiger charge is -2.14. The average Bonchev–Trinajstić information content (AvgIpc) is 2.85. The summed E-state index contributed by atoms with van der Waals surface area (Å²) in [6.07, 6.45) is 2.75. The number of aryl methyl sites for hydroxylation is 2. The molecule has 0 spiro atoms. The van der Waals surface area contributed by atoms with Gasteiger partial charge in [0.1, 0.15) is 17.3 Å². The van der Waals surface area contributed by atoms with Gasteiger partial charge in [-0.05, 0) is 42.5 Å². The van der Waals surface area contributed by atoms with Crippen LogP contribution in [0.4, 0.5) is 19.0 Å². The number of aromatic nitrogens is 4. The van der Waals surface area contributed by atoms with Crippen LogP contribution in [0.1, 0.15) is 22.6 Å². The summed E-state index contributed by atoms with van der Waals surface area (Å²) < 4.78 is 44.6. The Morgan fingerprint density at radius 3 is 2.44 bits per heavy atom. The number of rotatable bonds is 8. The van der Waals surface area contributed by atoms with Crippen LogP contribution in [0, 0.1) is 5.82 Å². The minimum Gasteiger partial charge on any atom is -0.432 e. The molecule has 0 saturated heterocycles. The Balaban J connectivity index is 1.71. The first kappa shape index (κ1) is 24.6. The number of pyridine rings is 2. The Labute approximate surface area is 203 Å². The monoisotopic (exact) mass is 495 g/mol. The van der Waals surface area contributed by atoms with Crippen LogP contribution in [0.3, 0.4) is 0 Å². The topological polar surface area (TPSA) is 113 Å². The maximum Gasteiger partial charge on any atom is 0.387 e. The first-order valence-electron chi connectivity index (χ1n) is 10.8. The Kier molecular flexibility index (Phi) is 7.09. The number of ether oxygens (including phenoxy) is 1. The molecule has 0 bridgehead atoms. The molecule has 3 aromatic heterocycles. The fraction of sp³-hybridized carbons (Fsp3) is 0.160. The lowest BCUT2D eigenvalue weighted by atomic mass is 10.0. The summed E-state index contributed by atoms with van der Waals surface area (Å²) in [7, 11) is 1.58. The molecule has 2 N–H and O–H groups in total. The number of carbonyl (C=O) groups excluding carboxylic acids is 1. The van der Waals surface area contributed by atoms with Gasteiger partial charge in [-0.3, -0.25) is 9.59 Å². The van der Waals surface area contributed by atoms with Gasteiger partial charge >= 0.3 is 6.61 Å². The van der Waals surface area contributed by atoms with Crippen molar-refractivity contribution in [3.05, 3.63) is 88.5 Å². The fourth-order valence-corrected chi connectivity index (χ4v) is 3.55. The summed E-state index contributed by atoms with van der Waals surface area (Å²) in [6.45, 7) is -3.11. The summed E-state index contributed by atoms with van der Waals surface area (Å²) in [4.78, 5) is 37.6. The van der Waals surface area contributed by atoms with Crippen LogP contribution in [0.2, 0.25) is 0 Å². The third-order valence-corrected chi connectivity index (χ3v) is 5.32. The molecule has 0 radical (unpaired) electrons. The highest BCUT2D eigenvalue weighted by atomic mass is 19.3. The molecule has 3 heterocycles. The molecule has 0 fully saturated rings. The third kappa shape index (κ3) is 5.40. The SMILES string of the molecule is Cn1cc(-c2nc(CCC(=O)c3ncccc3OC(F)F)c(N)nc2-c2ccc(F)cc2)ccc1=O. The van der Waals surface area contributed by atoms with E-state index in [0.29, 0.717) is 22.5 Å². The highest BCUT2D eigenvalue weighted by molar-refractivity contribution is 5.96. The van der Waals surface area contributed by atoms with Gasteiger partial charge in [-0.2, -0.15) is 8.78 Å². The molecule has 4 rings (SSSR count). The highest BCUT2D eigenvalue weighted by Gasteiger charge is 2.20. The van der Waals surface area contributed by atoms with Crippen molar-refractivity contribution in [2.75, 3.05) is 5.73 Å². The number of ketones is 1. The lowest BCUT2D eigenvalue weighted by Crippen LogP contribution is -2.15. The number of nitrogens with zero attached hydrogens (tertiary/aromatic N) is 4. The van der Waals surface area contributed by atoms with E-state index >= 15 is 0 Å². The van der Waals surface area contributed by atoms with Gasteiger partial charge in [-0.15, -0.1) is 0 Å². The van der Waals surface area contributed by atoms with Gasteiger partial charge in [0.15, 0.2) is 11.5 Å². The van der Waals surface area contributed by atoms with E-state index in [-0.39, 0.29) is 41.4 Å². The van der Waals surface area contributed by atoms with E-state index in [0.717, 1.165) is 0 Å². The first-order chi connectivity index (χ1) is 17.2. The van der Waals surface area contributed by atoms with Crippen molar-refractivity contribution in [1.29, 1.82) is 0 Å². The van der Waals surface area contributed by atoms with Gasteiger partial charge in [0.25, 0.3) is 0 Å². The van der Waals surface area contributed by atoms with Crippen LogP contribution in [0.15, 0.2) is 65.7 Å². The van der Waals surface area contributed by atoms with Gasteiger partial charge in [-0.1, -0.05) is 0 Å². The predicted octanol–water partition coefficient (Wildman–Crippen LogP) is 4.04. The zero-order chi connectivity index (χ0) is 25.8. The number of nitrogen functional groups attached to an aromatic ring is 1.